The van der Waals surface area contributed by atoms with Crippen LogP contribution in [-0.4, -0.2) is 42.8 Å². The quantitative estimate of drug-likeness (QED) is 0.602. The summed E-state index contributed by atoms with van der Waals surface area (Å²) in [4.78, 5) is 27.6. The molecule has 2 aromatic rings. The number of nitrogens with one attached hydrogen (secondary N) is 2. The fourth-order valence-corrected chi connectivity index (χ4v) is 3.22. The Bertz CT molecular complexity index is 786. The normalized spacial score (nSPS) is 11.2. The Morgan fingerprint density at radius 3 is 2.64 bits per heavy atom. The van der Waals surface area contributed by atoms with Crippen LogP contribution in [0.5, 0.6) is 0 Å². The molecule has 0 aliphatic rings. The Labute approximate surface area is 154 Å². The van der Waals surface area contributed by atoms with Crippen molar-refractivity contribution in [3.8, 4) is 0 Å². The molecule has 9 heteroatoms. The highest BCUT2D eigenvalue weighted by Gasteiger charge is 2.16. The largest absolute Gasteiger partial charge is 0.465 e. The summed E-state index contributed by atoms with van der Waals surface area (Å²) in [5, 5.41) is 6.78. The molecule has 0 unspecified atom stereocenters. The molecular weight excluding hydrogens is 366 g/mol. The number of rotatable bonds is 5. The monoisotopic (exact) mass is 385 g/mol. The lowest BCUT2D eigenvalue weighted by molar-refractivity contribution is 0.0528. The summed E-state index contributed by atoms with van der Waals surface area (Å²) < 4.78 is 10.6. The van der Waals surface area contributed by atoms with Crippen molar-refractivity contribution in [2.45, 2.75) is 26.4 Å². The van der Waals surface area contributed by atoms with Crippen molar-refractivity contribution in [1.82, 2.24) is 10.3 Å². The van der Waals surface area contributed by atoms with Gasteiger partial charge in [-0.25, -0.2) is 14.6 Å². The van der Waals surface area contributed by atoms with Gasteiger partial charge in [-0.15, -0.1) is 0 Å². The first-order valence-electron chi connectivity index (χ1n) is 7.59. The Hall–Kier alpha value is -2.06. The van der Waals surface area contributed by atoms with Crippen LogP contribution in [-0.2, 0) is 9.47 Å². The fourth-order valence-electron chi connectivity index (χ4n) is 1.95. The van der Waals surface area contributed by atoms with Crippen LogP contribution in [0.1, 0.15) is 31.1 Å². The van der Waals surface area contributed by atoms with E-state index in [1.54, 1.807) is 26.8 Å². The van der Waals surface area contributed by atoms with E-state index < -0.39 is 17.7 Å². The molecule has 7 nitrogen and oxygen atoms in total. The first kappa shape index (κ1) is 19.3. The third-order valence-corrected chi connectivity index (χ3v) is 4.19. The third kappa shape index (κ3) is 5.47. The van der Waals surface area contributed by atoms with Crippen LogP contribution in [0, 0.1) is 0 Å². The van der Waals surface area contributed by atoms with Crippen molar-refractivity contribution in [2.24, 2.45) is 0 Å². The topological polar surface area (TPSA) is 89.5 Å². The van der Waals surface area contributed by atoms with Crippen LogP contribution >= 0.6 is 22.9 Å². The van der Waals surface area contributed by atoms with Gasteiger partial charge in [0.15, 0.2) is 5.13 Å². The van der Waals surface area contributed by atoms with Crippen molar-refractivity contribution in [3.63, 3.8) is 0 Å². The molecule has 0 atom stereocenters. The number of alkyl carbamates (subject to hydrolysis) is 1. The Kier molecular flexibility index (Phi) is 6.07. The van der Waals surface area contributed by atoms with Crippen LogP contribution < -0.4 is 10.6 Å². The highest BCUT2D eigenvalue weighted by atomic mass is 35.5. The lowest BCUT2D eigenvalue weighted by Gasteiger charge is -2.19. The molecule has 25 heavy (non-hydrogen) atoms. The van der Waals surface area contributed by atoms with E-state index in [4.69, 9.17) is 21.1 Å². The second-order valence-corrected chi connectivity index (χ2v) is 7.61. The van der Waals surface area contributed by atoms with E-state index in [9.17, 15) is 9.59 Å². The second kappa shape index (κ2) is 7.88. The maximum Gasteiger partial charge on any atom is 0.407 e. The van der Waals surface area contributed by atoms with Crippen LogP contribution in [0.3, 0.4) is 0 Å². The minimum absolute atomic E-state index is 0.377. The number of aromatic nitrogens is 1. The predicted octanol–water partition coefficient (Wildman–Crippen LogP) is 3.67. The number of hydrogen-bond donors (Lipinski definition) is 2. The van der Waals surface area contributed by atoms with E-state index in [-0.39, 0.29) is 0 Å². The number of anilines is 1. The lowest BCUT2D eigenvalue weighted by Crippen LogP contribution is -2.34. The minimum atomic E-state index is -0.529. The van der Waals surface area contributed by atoms with Crippen LogP contribution in [0.4, 0.5) is 9.93 Å². The number of carbonyl (C=O) groups excluding carboxylic acids is 2. The van der Waals surface area contributed by atoms with Crippen LogP contribution in [0.15, 0.2) is 12.1 Å². The van der Waals surface area contributed by atoms with Crippen molar-refractivity contribution in [2.75, 3.05) is 25.5 Å². The highest BCUT2D eigenvalue weighted by molar-refractivity contribution is 7.22. The van der Waals surface area contributed by atoms with E-state index in [2.05, 4.69) is 15.6 Å². The van der Waals surface area contributed by atoms with Gasteiger partial charge in [0.2, 0.25) is 0 Å². The maximum atomic E-state index is 11.6. The molecule has 1 aromatic carbocycles. The van der Waals surface area contributed by atoms with Gasteiger partial charge in [0.1, 0.15) is 11.1 Å². The summed E-state index contributed by atoms with van der Waals surface area (Å²) >= 11 is 7.54. The molecule has 0 aliphatic heterocycles. The molecule has 136 valence electrons. The zero-order chi connectivity index (χ0) is 18.6. The standard InChI is InChI=1S/C16H20ClN3O4S/c1-16(2,3)24-15(22)19-6-5-18-14-20-12-10(17)7-9(13(21)23-4)8-11(12)25-14/h7-8H,5-6H2,1-4H3,(H,18,20)(H,19,22). The molecule has 0 radical (unpaired) electrons. The number of benzene rings is 1. The van der Waals surface area contributed by atoms with E-state index in [0.717, 1.165) is 4.70 Å². The molecule has 2 rings (SSSR count). The van der Waals surface area contributed by atoms with Crippen molar-refractivity contribution >= 4 is 50.3 Å². The molecule has 0 spiro atoms. The number of nitrogens with zero attached hydrogens (tertiary/aromatic N) is 1. The van der Waals surface area contributed by atoms with Gasteiger partial charge in [-0.1, -0.05) is 22.9 Å². The second-order valence-electron chi connectivity index (χ2n) is 6.17. The van der Waals surface area contributed by atoms with Gasteiger partial charge in [0, 0.05) is 13.1 Å². The highest BCUT2D eigenvalue weighted by Crippen LogP contribution is 2.32. The number of hydrogen-bond acceptors (Lipinski definition) is 7. The number of carbonyl (C=O) groups is 2. The smallest absolute Gasteiger partial charge is 0.407 e. The van der Waals surface area contributed by atoms with E-state index in [1.807, 2.05) is 0 Å². The Morgan fingerprint density at radius 1 is 1.28 bits per heavy atom. The summed E-state index contributed by atoms with van der Waals surface area (Å²) in [6.45, 7) is 6.27. The van der Waals surface area contributed by atoms with Crippen molar-refractivity contribution in [1.29, 1.82) is 0 Å². The molecule has 1 heterocycles. The van der Waals surface area contributed by atoms with Gasteiger partial charge in [-0.05, 0) is 32.9 Å². The number of esters is 1. The van der Waals surface area contributed by atoms with Gasteiger partial charge < -0.3 is 20.1 Å². The van der Waals surface area contributed by atoms with Crippen LogP contribution in [0.2, 0.25) is 5.02 Å². The number of fused-ring (bicyclic) bond motifs is 1. The number of thiazole rings is 1. The Morgan fingerprint density at radius 2 is 2.00 bits per heavy atom. The molecule has 0 fully saturated rings. The Balaban J connectivity index is 1.95. The molecule has 1 amide bonds. The van der Waals surface area contributed by atoms with E-state index in [1.165, 1.54) is 24.5 Å². The summed E-state index contributed by atoms with van der Waals surface area (Å²) in [7, 11) is 1.32. The van der Waals surface area contributed by atoms with Crippen molar-refractivity contribution in [3.05, 3.63) is 22.7 Å². The molecule has 0 aliphatic carbocycles. The first-order chi connectivity index (χ1) is 11.7. The lowest BCUT2D eigenvalue weighted by atomic mass is 10.2. The predicted molar refractivity (Wildman–Crippen MR) is 98.7 cm³/mol. The third-order valence-electron chi connectivity index (χ3n) is 2.94. The van der Waals surface area contributed by atoms with E-state index in [0.29, 0.717) is 34.3 Å². The maximum absolute atomic E-state index is 11.6. The SMILES string of the molecule is COC(=O)c1cc(Cl)c2nc(NCCNC(=O)OC(C)(C)C)sc2c1. The molecule has 0 saturated heterocycles. The first-order valence-corrected chi connectivity index (χ1v) is 8.78. The number of amides is 1. The average Bonchev–Trinajstić information content (AvgIpc) is 2.92. The zero-order valence-corrected chi connectivity index (χ0v) is 16.0. The van der Waals surface area contributed by atoms with Gasteiger partial charge >= 0.3 is 12.1 Å². The molecule has 2 N–H and O–H groups in total. The van der Waals surface area contributed by atoms with Gasteiger partial charge in [0.25, 0.3) is 0 Å². The molecule has 1 aromatic heterocycles. The zero-order valence-electron chi connectivity index (χ0n) is 14.4. The van der Waals surface area contributed by atoms with Gasteiger partial charge in [-0.2, -0.15) is 0 Å². The van der Waals surface area contributed by atoms with Crippen molar-refractivity contribution < 1.29 is 19.1 Å². The molecule has 0 bridgehead atoms. The van der Waals surface area contributed by atoms with Crippen LogP contribution in [0.25, 0.3) is 10.2 Å². The fraction of sp³-hybridized carbons (Fsp3) is 0.438. The van der Waals surface area contributed by atoms with Gasteiger partial charge in [0.05, 0.1) is 22.4 Å². The summed E-state index contributed by atoms with van der Waals surface area (Å²) in [5.74, 6) is -0.451. The summed E-state index contributed by atoms with van der Waals surface area (Å²) in [6.07, 6.45) is -0.468. The van der Waals surface area contributed by atoms with E-state index >= 15 is 0 Å². The number of methoxy groups -OCH3 is 1. The summed E-state index contributed by atoms with van der Waals surface area (Å²) in [5.41, 5.74) is 0.460. The average molecular weight is 386 g/mol. The summed E-state index contributed by atoms with van der Waals surface area (Å²) in [6, 6.07) is 3.22. The minimum Gasteiger partial charge on any atom is -0.465 e. The number of halogens is 1. The van der Waals surface area contributed by atoms with Gasteiger partial charge in [-0.3, -0.25) is 0 Å². The molecular formula is C16H20ClN3O4S. The molecule has 0 saturated carbocycles. The number of ether oxygens (including phenoxy) is 2.